The smallest absolute Gasteiger partial charge is 0.252 e. The second kappa shape index (κ2) is 7.60. The van der Waals surface area contributed by atoms with Crippen molar-refractivity contribution in [1.82, 2.24) is 25.1 Å². The Morgan fingerprint density at radius 1 is 1.11 bits per heavy atom. The lowest BCUT2D eigenvalue weighted by Crippen LogP contribution is -2.26. The normalized spacial score (nSPS) is 10.9. The Balaban J connectivity index is 1.63. The number of hydrogen-bond acceptors (Lipinski definition) is 4. The molecule has 0 saturated carbocycles. The van der Waals surface area contributed by atoms with Gasteiger partial charge in [-0.3, -0.25) is 4.79 Å². The van der Waals surface area contributed by atoms with Gasteiger partial charge in [0.15, 0.2) is 0 Å². The largest absolute Gasteiger partial charge is 0.352 e. The van der Waals surface area contributed by atoms with Crippen LogP contribution in [0.1, 0.15) is 21.7 Å². The predicted octanol–water partition coefficient (Wildman–Crippen LogP) is 3.31. The summed E-state index contributed by atoms with van der Waals surface area (Å²) in [6.45, 7) is 2.54. The fourth-order valence-electron chi connectivity index (χ4n) is 3.15. The van der Waals surface area contributed by atoms with E-state index in [1.54, 1.807) is 6.33 Å². The molecule has 0 fully saturated rings. The third kappa shape index (κ3) is 3.62. The van der Waals surface area contributed by atoms with Gasteiger partial charge in [0.05, 0.1) is 16.8 Å². The van der Waals surface area contributed by atoms with Gasteiger partial charge in [0.1, 0.15) is 12.2 Å². The Bertz CT molecular complexity index is 1130. The average Bonchev–Trinajstić information content (AvgIpc) is 3.12. The summed E-state index contributed by atoms with van der Waals surface area (Å²) in [6.07, 6.45) is 2.28. The second-order valence-electron chi connectivity index (χ2n) is 6.80. The lowest BCUT2D eigenvalue weighted by molar-refractivity contribution is 0.0955. The molecule has 1 amide bonds. The Morgan fingerprint density at radius 2 is 1.89 bits per heavy atom. The molecular weight excluding hydrogens is 350 g/mol. The maximum atomic E-state index is 12.9. The van der Waals surface area contributed by atoms with Crippen molar-refractivity contribution in [2.45, 2.75) is 13.3 Å². The van der Waals surface area contributed by atoms with Crippen molar-refractivity contribution in [3.63, 3.8) is 0 Å². The van der Waals surface area contributed by atoms with E-state index in [2.05, 4.69) is 15.5 Å². The van der Waals surface area contributed by atoms with Crippen molar-refractivity contribution >= 4 is 16.8 Å². The number of carbonyl (C=O) groups is 1. The van der Waals surface area contributed by atoms with E-state index in [1.165, 1.54) is 5.56 Å². The number of hydrogen-bond donors (Lipinski definition) is 1. The molecule has 0 bridgehead atoms. The molecule has 2 heterocycles. The van der Waals surface area contributed by atoms with Gasteiger partial charge in [-0.25, -0.2) is 4.98 Å². The van der Waals surface area contributed by atoms with Crippen molar-refractivity contribution in [2.75, 3.05) is 6.54 Å². The van der Waals surface area contributed by atoms with Crippen LogP contribution in [0.4, 0.5) is 0 Å². The summed E-state index contributed by atoms with van der Waals surface area (Å²) in [5.41, 5.74) is 4.39. The van der Waals surface area contributed by atoms with Crippen LogP contribution in [0, 0.1) is 6.92 Å². The lowest BCUT2D eigenvalue weighted by Gasteiger charge is -2.11. The molecule has 4 aromatic rings. The van der Waals surface area contributed by atoms with Crippen LogP contribution in [0.3, 0.4) is 0 Å². The van der Waals surface area contributed by atoms with Crippen LogP contribution in [-0.4, -0.2) is 32.2 Å². The van der Waals surface area contributed by atoms with Gasteiger partial charge in [0.2, 0.25) is 0 Å². The fourth-order valence-corrected chi connectivity index (χ4v) is 3.15. The molecule has 6 heteroatoms. The van der Waals surface area contributed by atoms with E-state index >= 15 is 0 Å². The summed E-state index contributed by atoms with van der Waals surface area (Å²) in [5, 5.41) is 11.7. The maximum Gasteiger partial charge on any atom is 0.252 e. The van der Waals surface area contributed by atoms with E-state index in [0.717, 1.165) is 28.0 Å². The van der Waals surface area contributed by atoms with Crippen LogP contribution < -0.4 is 5.32 Å². The number of nitrogens with one attached hydrogen (secondary N) is 1. The average molecular weight is 371 g/mol. The van der Waals surface area contributed by atoms with Crippen molar-refractivity contribution in [3.05, 3.63) is 77.9 Å². The second-order valence-corrected chi connectivity index (χ2v) is 6.80. The zero-order valence-electron chi connectivity index (χ0n) is 15.9. The molecular formula is C22H21N5O. The van der Waals surface area contributed by atoms with Gasteiger partial charge in [0.25, 0.3) is 5.91 Å². The van der Waals surface area contributed by atoms with E-state index in [4.69, 9.17) is 4.98 Å². The molecule has 0 atom stereocenters. The highest BCUT2D eigenvalue weighted by Gasteiger charge is 2.14. The Morgan fingerprint density at radius 3 is 2.64 bits per heavy atom. The summed E-state index contributed by atoms with van der Waals surface area (Å²) in [5.74, 6) is 0.717. The molecule has 0 unspecified atom stereocenters. The van der Waals surface area contributed by atoms with E-state index in [-0.39, 0.29) is 5.91 Å². The minimum absolute atomic E-state index is 0.117. The molecule has 140 valence electrons. The maximum absolute atomic E-state index is 12.9. The monoisotopic (exact) mass is 371 g/mol. The minimum atomic E-state index is -0.117. The van der Waals surface area contributed by atoms with Gasteiger partial charge in [0, 0.05) is 31.0 Å². The van der Waals surface area contributed by atoms with Crippen LogP contribution in [0.15, 0.2) is 60.9 Å². The number of pyridine rings is 1. The van der Waals surface area contributed by atoms with Crippen LogP contribution in [0.2, 0.25) is 0 Å². The van der Waals surface area contributed by atoms with E-state index in [0.29, 0.717) is 18.5 Å². The van der Waals surface area contributed by atoms with Crippen molar-refractivity contribution in [3.8, 4) is 11.3 Å². The van der Waals surface area contributed by atoms with Gasteiger partial charge in [-0.1, -0.05) is 48.0 Å². The van der Waals surface area contributed by atoms with E-state index in [9.17, 15) is 4.79 Å². The Hall–Kier alpha value is -3.54. The summed E-state index contributed by atoms with van der Waals surface area (Å²) in [4.78, 5) is 17.7. The molecule has 0 aliphatic rings. The zero-order valence-corrected chi connectivity index (χ0v) is 15.9. The van der Waals surface area contributed by atoms with Crippen molar-refractivity contribution in [2.24, 2.45) is 7.05 Å². The summed E-state index contributed by atoms with van der Waals surface area (Å²) in [7, 11) is 1.89. The molecule has 1 N–H and O–H groups in total. The number of nitrogens with zero attached hydrogens (tertiary/aromatic N) is 4. The lowest BCUT2D eigenvalue weighted by atomic mass is 10.0. The van der Waals surface area contributed by atoms with Crippen molar-refractivity contribution < 1.29 is 4.79 Å². The van der Waals surface area contributed by atoms with Gasteiger partial charge in [-0.05, 0) is 19.1 Å². The van der Waals surface area contributed by atoms with E-state index < -0.39 is 0 Å². The third-order valence-corrected chi connectivity index (χ3v) is 4.75. The molecule has 0 aliphatic heterocycles. The highest BCUT2D eigenvalue weighted by Crippen LogP contribution is 2.25. The van der Waals surface area contributed by atoms with Gasteiger partial charge < -0.3 is 9.88 Å². The number of fused-ring (bicyclic) bond motifs is 1. The number of amides is 1. The zero-order chi connectivity index (χ0) is 19.5. The molecule has 2 aromatic heterocycles. The third-order valence-electron chi connectivity index (χ3n) is 4.75. The molecule has 6 nitrogen and oxygen atoms in total. The first-order valence-electron chi connectivity index (χ1n) is 9.20. The molecule has 4 rings (SSSR count). The number of carbonyl (C=O) groups excluding carboxylic acids is 1. The van der Waals surface area contributed by atoms with Crippen molar-refractivity contribution in [1.29, 1.82) is 0 Å². The highest BCUT2D eigenvalue weighted by atomic mass is 16.1. The van der Waals surface area contributed by atoms with Crippen LogP contribution >= 0.6 is 0 Å². The standard InChI is InChI=1S/C22H21N5O/c1-15-7-9-16(10-8-15)20-13-18(17-5-3-4-6-19(17)25-20)22(28)23-12-11-21-26-24-14-27(21)2/h3-10,13-14H,11-12H2,1-2H3,(H,23,28). The van der Waals surface area contributed by atoms with Gasteiger partial charge in [-0.2, -0.15) is 0 Å². The number of aryl methyl sites for hydroxylation is 2. The number of benzene rings is 2. The SMILES string of the molecule is Cc1ccc(-c2cc(C(=O)NCCc3nncn3C)c3ccccc3n2)cc1. The molecule has 0 saturated heterocycles. The number of rotatable bonds is 5. The van der Waals surface area contributed by atoms with Gasteiger partial charge in [-0.15, -0.1) is 10.2 Å². The highest BCUT2D eigenvalue weighted by molar-refractivity contribution is 6.07. The molecule has 28 heavy (non-hydrogen) atoms. The Kier molecular flexibility index (Phi) is 4.85. The fraction of sp³-hybridized carbons (Fsp3) is 0.182. The molecule has 0 radical (unpaired) electrons. The predicted molar refractivity (Wildman–Crippen MR) is 109 cm³/mol. The molecule has 0 aliphatic carbocycles. The van der Waals surface area contributed by atoms with Crippen LogP contribution in [0.25, 0.3) is 22.2 Å². The summed E-state index contributed by atoms with van der Waals surface area (Å²) in [6, 6.07) is 17.7. The van der Waals surface area contributed by atoms with Crippen LogP contribution in [-0.2, 0) is 13.5 Å². The van der Waals surface area contributed by atoms with E-state index in [1.807, 2.05) is 73.1 Å². The summed E-state index contributed by atoms with van der Waals surface area (Å²) < 4.78 is 1.85. The quantitative estimate of drug-likeness (QED) is 0.584. The number of para-hydroxylation sites is 1. The summed E-state index contributed by atoms with van der Waals surface area (Å²) >= 11 is 0. The molecule has 2 aromatic carbocycles. The Labute approximate surface area is 163 Å². The van der Waals surface area contributed by atoms with Crippen LogP contribution in [0.5, 0.6) is 0 Å². The first-order valence-corrected chi connectivity index (χ1v) is 9.20. The first kappa shape index (κ1) is 17.9. The minimum Gasteiger partial charge on any atom is -0.352 e. The van der Waals surface area contributed by atoms with Gasteiger partial charge >= 0.3 is 0 Å². The molecule has 0 spiro atoms. The topological polar surface area (TPSA) is 72.7 Å². The first-order chi connectivity index (χ1) is 13.6. The number of aromatic nitrogens is 4.